The number of carbonyl (C=O) groups is 3. The average Bonchev–Trinajstić information content (AvgIpc) is 2.70. The lowest BCUT2D eigenvalue weighted by Gasteiger charge is -2.18. The number of amides is 3. The van der Waals surface area contributed by atoms with E-state index in [0.29, 0.717) is 11.3 Å². The molecule has 0 saturated carbocycles. The van der Waals surface area contributed by atoms with Crippen LogP contribution in [0.3, 0.4) is 0 Å². The zero-order valence-electron chi connectivity index (χ0n) is 14.9. The van der Waals surface area contributed by atoms with Gasteiger partial charge in [0.2, 0.25) is 11.8 Å². The van der Waals surface area contributed by atoms with Crippen LogP contribution in [0.15, 0.2) is 59.1 Å². The molecule has 0 heterocycles. The molecule has 0 saturated heterocycles. The van der Waals surface area contributed by atoms with E-state index in [0.717, 1.165) is 4.47 Å². The summed E-state index contributed by atoms with van der Waals surface area (Å²) in [5, 5.41) is 16.4. The molecule has 0 aliphatic rings. The van der Waals surface area contributed by atoms with Crippen LogP contribution >= 0.6 is 15.9 Å². The molecule has 3 amide bonds. The van der Waals surface area contributed by atoms with E-state index in [9.17, 15) is 14.4 Å². The van der Waals surface area contributed by atoms with E-state index in [1.54, 1.807) is 48.5 Å². The summed E-state index contributed by atoms with van der Waals surface area (Å²) in [5.74, 6) is -1.23. The molecule has 2 aromatic rings. The maximum absolute atomic E-state index is 12.4. The van der Waals surface area contributed by atoms with Crippen LogP contribution in [0.4, 0.5) is 5.69 Å². The molecule has 8 heteroatoms. The van der Waals surface area contributed by atoms with E-state index in [-0.39, 0.29) is 25.3 Å². The second-order valence-electron chi connectivity index (χ2n) is 5.86. The van der Waals surface area contributed by atoms with Gasteiger partial charge in [0.1, 0.15) is 12.6 Å². The average molecular weight is 443 g/mol. The second-order valence-corrected chi connectivity index (χ2v) is 6.78. The Morgan fingerprint density at radius 1 is 1.04 bits per heavy atom. The fourth-order valence-corrected chi connectivity index (χ4v) is 2.65. The molecule has 7 nitrogen and oxygen atoms in total. The molecule has 0 aliphatic heterocycles. The van der Waals surface area contributed by atoms with Gasteiger partial charge < -0.3 is 16.0 Å². The van der Waals surface area contributed by atoms with E-state index in [1.165, 1.54) is 0 Å². The lowest BCUT2D eigenvalue weighted by Crippen LogP contribution is -2.47. The van der Waals surface area contributed by atoms with Crippen LogP contribution < -0.4 is 16.0 Å². The highest BCUT2D eigenvalue weighted by atomic mass is 79.9. The van der Waals surface area contributed by atoms with Gasteiger partial charge in [-0.15, -0.1) is 0 Å². The van der Waals surface area contributed by atoms with Gasteiger partial charge in [0, 0.05) is 22.1 Å². The number of nitriles is 1. The van der Waals surface area contributed by atoms with Crippen molar-refractivity contribution in [3.8, 4) is 6.07 Å². The van der Waals surface area contributed by atoms with Gasteiger partial charge in [-0.3, -0.25) is 14.4 Å². The summed E-state index contributed by atoms with van der Waals surface area (Å²) in [6, 6.07) is 16.5. The summed E-state index contributed by atoms with van der Waals surface area (Å²) in [6.45, 7) is -0.181. The van der Waals surface area contributed by atoms with Crippen molar-refractivity contribution in [1.29, 1.82) is 5.26 Å². The van der Waals surface area contributed by atoms with Crippen molar-refractivity contribution in [2.45, 2.75) is 18.9 Å². The molecular weight excluding hydrogens is 424 g/mol. The third kappa shape index (κ3) is 6.85. The maximum Gasteiger partial charge on any atom is 0.251 e. The van der Waals surface area contributed by atoms with Crippen molar-refractivity contribution in [3.63, 3.8) is 0 Å². The van der Waals surface area contributed by atoms with Gasteiger partial charge in [0.05, 0.1) is 6.07 Å². The Bertz CT molecular complexity index is 863. The van der Waals surface area contributed by atoms with Gasteiger partial charge in [-0.1, -0.05) is 34.1 Å². The van der Waals surface area contributed by atoms with Gasteiger partial charge in [0.25, 0.3) is 5.91 Å². The predicted molar refractivity (Wildman–Crippen MR) is 108 cm³/mol. The highest BCUT2D eigenvalue weighted by Gasteiger charge is 2.22. The summed E-state index contributed by atoms with van der Waals surface area (Å²) in [4.78, 5) is 36.8. The SMILES string of the molecule is N#CCNC(=O)[C@H](CCC(=O)Nc1ccccc1)NC(=O)c1ccc(Br)cc1. The highest BCUT2D eigenvalue weighted by molar-refractivity contribution is 9.10. The minimum Gasteiger partial charge on any atom is -0.341 e. The van der Waals surface area contributed by atoms with Crippen molar-refractivity contribution >= 4 is 39.3 Å². The highest BCUT2D eigenvalue weighted by Crippen LogP contribution is 2.11. The Kier molecular flexibility index (Phi) is 8.18. The molecule has 2 rings (SSSR count). The molecular formula is C20H19BrN4O3. The fraction of sp³-hybridized carbons (Fsp3) is 0.200. The minimum absolute atomic E-state index is 0.0279. The lowest BCUT2D eigenvalue weighted by molar-refractivity contribution is -0.123. The number of hydrogen-bond acceptors (Lipinski definition) is 4. The molecule has 0 radical (unpaired) electrons. The van der Waals surface area contributed by atoms with Crippen LogP contribution in [0.5, 0.6) is 0 Å². The van der Waals surface area contributed by atoms with Crippen LogP contribution in [-0.2, 0) is 9.59 Å². The van der Waals surface area contributed by atoms with Crippen LogP contribution in [0, 0.1) is 11.3 Å². The zero-order valence-corrected chi connectivity index (χ0v) is 16.5. The molecule has 0 aromatic heterocycles. The first kappa shape index (κ1) is 21.1. The number of benzene rings is 2. The molecule has 0 bridgehead atoms. The van der Waals surface area contributed by atoms with Crippen LogP contribution in [0.2, 0.25) is 0 Å². The fourth-order valence-electron chi connectivity index (χ4n) is 2.38. The first-order valence-electron chi connectivity index (χ1n) is 8.55. The molecule has 0 fully saturated rings. The minimum atomic E-state index is -0.939. The number of hydrogen-bond donors (Lipinski definition) is 3. The van der Waals surface area contributed by atoms with E-state index >= 15 is 0 Å². The summed E-state index contributed by atoms with van der Waals surface area (Å²) < 4.78 is 0.824. The normalized spacial score (nSPS) is 11.0. The standard InChI is InChI=1S/C20H19BrN4O3/c21-15-8-6-14(7-9-15)19(27)25-17(20(28)23-13-12-22)10-11-18(26)24-16-4-2-1-3-5-16/h1-9,17H,10-11,13H2,(H,23,28)(H,24,26)(H,25,27)/t17-/m0/s1. The van der Waals surface area contributed by atoms with E-state index in [1.807, 2.05) is 12.1 Å². The topological polar surface area (TPSA) is 111 Å². The monoisotopic (exact) mass is 442 g/mol. The van der Waals surface area contributed by atoms with Gasteiger partial charge >= 0.3 is 0 Å². The van der Waals surface area contributed by atoms with Gasteiger partial charge in [-0.25, -0.2) is 0 Å². The number of anilines is 1. The number of rotatable bonds is 8. The number of nitrogens with one attached hydrogen (secondary N) is 3. The maximum atomic E-state index is 12.4. The van der Waals surface area contributed by atoms with Crippen LogP contribution in [0.25, 0.3) is 0 Å². The number of halogens is 1. The smallest absolute Gasteiger partial charge is 0.251 e. The van der Waals surface area contributed by atoms with E-state index < -0.39 is 17.9 Å². The molecule has 0 unspecified atom stereocenters. The molecule has 0 spiro atoms. The molecule has 0 aliphatic carbocycles. The Morgan fingerprint density at radius 3 is 2.36 bits per heavy atom. The Hall–Kier alpha value is -3.18. The van der Waals surface area contributed by atoms with Crippen molar-refractivity contribution in [3.05, 3.63) is 64.6 Å². The van der Waals surface area contributed by atoms with Crippen molar-refractivity contribution < 1.29 is 14.4 Å². The first-order chi connectivity index (χ1) is 13.5. The number of nitrogens with zero attached hydrogens (tertiary/aromatic N) is 1. The predicted octanol–water partition coefficient (Wildman–Crippen LogP) is 2.61. The lowest BCUT2D eigenvalue weighted by atomic mass is 10.1. The molecule has 144 valence electrons. The molecule has 3 N–H and O–H groups in total. The second kappa shape index (κ2) is 10.8. The molecule has 2 aromatic carbocycles. The van der Waals surface area contributed by atoms with Crippen LogP contribution in [0.1, 0.15) is 23.2 Å². The molecule has 1 atom stereocenters. The van der Waals surface area contributed by atoms with Crippen LogP contribution in [-0.4, -0.2) is 30.3 Å². The Balaban J connectivity index is 1.99. The zero-order chi connectivity index (χ0) is 20.4. The number of carbonyl (C=O) groups excluding carboxylic acids is 3. The Labute approximate surface area is 171 Å². The molecule has 28 heavy (non-hydrogen) atoms. The van der Waals surface area contributed by atoms with Gasteiger partial charge in [0.15, 0.2) is 0 Å². The largest absolute Gasteiger partial charge is 0.341 e. The van der Waals surface area contributed by atoms with Gasteiger partial charge in [-0.05, 0) is 42.8 Å². The summed E-state index contributed by atoms with van der Waals surface area (Å²) in [7, 11) is 0. The van der Waals surface area contributed by atoms with Crippen molar-refractivity contribution in [2.24, 2.45) is 0 Å². The summed E-state index contributed by atoms with van der Waals surface area (Å²) in [5.41, 5.74) is 1.03. The van der Waals surface area contributed by atoms with E-state index in [2.05, 4.69) is 31.9 Å². The third-order valence-electron chi connectivity index (χ3n) is 3.79. The van der Waals surface area contributed by atoms with Crippen molar-refractivity contribution in [2.75, 3.05) is 11.9 Å². The third-order valence-corrected chi connectivity index (χ3v) is 4.32. The Morgan fingerprint density at radius 2 is 1.71 bits per heavy atom. The van der Waals surface area contributed by atoms with Crippen molar-refractivity contribution in [1.82, 2.24) is 10.6 Å². The van der Waals surface area contributed by atoms with E-state index in [4.69, 9.17) is 5.26 Å². The van der Waals surface area contributed by atoms with Gasteiger partial charge in [-0.2, -0.15) is 5.26 Å². The quantitative estimate of drug-likeness (QED) is 0.545. The first-order valence-corrected chi connectivity index (χ1v) is 9.35. The number of para-hydroxylation sites is 1. The summed E-state index contributed by atoms with van der Waals surface area (Å²) >= 11 is 3.29. The summed E-state index contributed by atoms with van der Waals surface area (Å²) in [6.07, 6.45) is 0.123.